The molecule has 0 heterocycles. The van der Waals surface area contributed by atoms with E-state index >= 15 is 0 Å². The van der Waals surface area contributed by atoms with Crippen molar-refractivity contribution >= 4 is 33.2 Å². The van der Waals surface area contributed by atoms with Gasteiger partial charge in [-0.25, -0.2) is 8.42 Å². The molecule has 0 saturated heterocycles. The second-order valence-corrected chi connectivity index (χ2v) is 7.79. The summed E-state index contributed by atoms with van der Waals surface area (Å²) < 4.78 is 64.3. The predicted molar refractivity (Wildman–Crippen MR) is 91.3 cm³/mol. The van der Waals surface area contributed by atoms with Gasteiger partial charge in [0.1, 0.15) is 0 Å². The maximum absolute atomic E-state index is 12.9. The Kier molecular flexibility index (Phi) is 5.94. The molecule has 0 radical (unpaired) electrons. The van der Waals surface area contributed by atoms with Crippen LogP contribution in [0.25, 0.3) is 0 Å². The summed E-state index contributed by atoms with van der Waals surface area (Å²) in [7, 11) is -2.84. The SMILES string of the molecule is CN(CC(=O)Nc1ccccc1C(F)(F)F)S(=O)(=O)c1ccc(Cl)cc1. The van der Waals surface area contributed by atoms with E-state index in [1.165, 1.54) is 36.4 Å². The number of hydrogen-bond acceptors (Lipinski definition) is 3. The average Bonchev–Trinajstić information content (AvgIpc) is 2.54. The summed E-state index contributed by atoms with van der Waals surface area (Å²) in [6.45, 7) is -0.656. The number of anilines is 1. The lowest BCUT2D eigenvalue weighted by molar-refractivity contribution is -0.137. The van der Waals surface area contributed by atoms with E-state index < -0.39 is 39.9 Å². The second kappa shape index (κ2) is 7.65. The molecule has 0 aliphatic heterocycles. The lowest BCUT2D eigenvalue weighted by Gasteiger charge is -2.18. The van der Waals surface area contributed by atoms with Gasteiger partial charge in [0.25, 0.3) is 0 Å². The first-order valence-corrected chi connectivity index (χ1v) is 9.01. The number of benzene rings is 2. The number of amides is 1. The molecule has 0 aromatic heterocycles. The number of carbonyl (C=O) groups excluding carboxylic acids is 1. The minimum Gasteiger partial charge on any atom is -0.324 e. The van der Waals surface area contributed by atoms with E-state index in [4.69, 9.17) is 11.6 Å². The molecule has 1 amide bonds. The van der Waals surface area contributed by atoms with Gasteiger partial charge in [-0.2, -0.15) is 17.5 Å². The third kappa shape index (κ3) is 4.75. The van der Waals surface area contributed by atoms with E-state index in [9.17, 15) is 26.4 Å². The summed E-state index contributed by atoms with van der Waals surface area (Å²) in [5.41, 5.74) is -1.46. The third-order valence-electron chi connectivity index (χ3n) is 3.39. The van der Waals surface area contributed by atoms with Crippen LogP contribution < -0.4 is 5.32 Å². The number of sulfonamides is 1. The van der Waals surface area contributed by atoms with Gasteiger partial charge in [-0.1, -0.05) is 23.7 Å². The van der Waals surface area contributed by atoms with Gasteiger partial charge in [0.15, 0.2) is 0 Å². The first-order chi connectivity index (χ1) is 12.0. The molecular formula is C16H14ClF3N2O3S. The zero-order chi connectivity index (χ0) is 19.5. The van der Waals surface area contributed by atoms with Crippen molar-refractivity contribution in [3.05, 3.63) is 59.1 Å². The Morgan fingerprint density at radius 3 is 2.27 bits per heavy atom. The highest BCUT2D eigenvalue weighted by Crippen LogP contribution is 2.34. The molecule has 10 heteroatoms. The number of nitrogens with one attached hydrogen (secondary N) is 1. The first kappa shape index (κ1) is 20.2. The molecule has 26 heavy (non-hydrogen) atoms. The van der Waals surface area contributed by atoms with Crippen molar-refractivity contribution in [1.29, 1.82) is 0 Å². The molecule has 0 unspecified atom stereocenters. The van der Waals surface area contributed by atoms with Crippen LogP contribution >= 0.6 is 11.6 Å². The molecule has 1 N–H and O–H groups in total. The van der Waals surface area contributed by atoms with Crippen LogP contribution in [0.4, 0.5) is 18.9 Å². The Balaban J connectivity index is 2.14. The van der Waals surface area contributed by atoms with Crippen LogP contribution in [-0.2, 0) is 21.0 Å². The number of para-hydroxylation sites is 1. The maximum atomic E-state index is 12.9. The topological polar surface area (TPSA) is 66.5 Å². The van der Waals surface area contributed by atoms with Crippen LogP contribution in [0.15, 0.2) is 53.4 Å². The van der Waals surface area contributed by atoms with Crippen molar-refractivity contribution in [1.82, 2.24) is 4.31 Å². The van der Waals surface area contributed by atoms with Crippen LogP contribution in [0.5, 0.6) is 0 Å². The number of nitrogens with zero attached hydrogens (tertiary/aromatic N) is 1. The van der Waals surface area contributed by atoms with E-state index in [1.54, 1.807) is 0 Å². The molecule has 2 rings (SSSR count). The fourth-order valence-electron chi connectivity index (χ4n) is 2.10. The van der Waals surface area contributed by atoms with Gasteiger partial charge in [0.05, 0.1) is 22.7 Å². The fourth-order valence-corrected chi connectivity index (χ4v) is 3.36. The van der Waals surface area contributed by atoms with E-state index in [2.05, 4.69) is 5.32 Å². The molecule has 0 bridgehead atoms. The van der Waals surface area contributed by atoms with Gasteiger partial charge in [-0.15, -0.1) is 0 Å². The second-order valence-electron chi connectivity index (χ2n) is 5.31. The van der Waals surface area contributed by atoms with Crippen molar-refractivity contribution in [3.8, 4) is 0 Å². The Bertz CT molecular complexity index is 900. The number of rotatable bonds is 5. The quantitative estimate of drug-likeness (QED) is 0.824. The first-order valence-electron chi connectivity index (χ1n) is 7.20. The van der Waals surface area contributed by atoms with Gasteiger partial charge < -0.3 is 5.32 Å². The van der Waals surface area contributed by atoms with Gasteiger partial charge in [0.2, 0.25) is 15.9 Å². The number of halogens is 4. The van der Waals surface area contributed by atoms with E-state index in [1.807, 2.05) is 0 Å². The van der Waals surface area contributed by atoms with E-state index in [-0.39, 0.29) is 4.90 Å². The highest BCUT2D eigenvalue weighted by molar-refractivity contribution is 7.89. The van der Waals surface area contributed by atoms with Crippen molar-refractivity contribution in [3.63, 3.8) is 0 Å². The van der Waals surface area contributed by atoms with Gasteiger partial charge in [-0.3, -0.25) is 4.79 Å². The largest absolute Gasteiger partial charge is 0.418 e. The van der Waals surface area contributed by atoms with E-state index in [0.29, 0.717) is 5.02 Å². The number of carbonyl (C=O) groups is 1. The van der Waals surface area contributed by atoms with Gasteiger partial charge in [0, 0.05) is 12.1 Å². The monoisotopic (exact) mass is 406 g/mol. The minimum atomic E-state index is -4.65. The van der Waals surface area contributed by atoms with E-state index in [0.717, 1.165) is 23.5 Å². The molecule has 2 aromatic rings. The number of alkyl halides is 3. The van der Waals surface area contributed by atoms with Crippen LogP contribution in [0.2, 0.25) is 5.02 Å². The summed E-state index contributed by atoms with van der Waals surface area (Å²) in [4.78, 5) is 11.9. The lowest BCUT2D eigenvalue weighted by atomic mass is 10.1. The Labute approximate surface area is 153 Å². The highest BCUT2D eigenvalue weighted by atomic mass is 35.5. The van der Waals surface area contributed by atoms with Crippen molar-refractivity contribution in [2.24, 2.45) is 0 Å². The molecule has 0 atom stereocenters. The molecule has 0 aliphatic rings. The summed E-state index contributed by atoms with van der Waals surface area (Å²) in [5.74, 6) is -0.901. The Morgan fingerprint density at radius 2 is 1.69 bits per heavy atom. The van der Waals surface area contributed by atoms with Gasteiger partial charge in [-0.05, 0) is 36.4 Å². The molecule has 0 saturated carbocycles. The highest BCUT2D eigenvalue weighted by Gasteiger charge is 2.33. The maximum Gasteiger partial charge on any atom is 0.418 e. The smallest absolute Gasteiger partial charge is 0.324 e. The predicted octanol–water partition coefficient (Wildman–Crippen LogP) is 3.62. The summed E-state index contributed by atoms with van der Waals surface area (Å²) >= 11 is 5.70. The summed E-state index contributed by atoms with van der Waals surface area (Å²) in [6.07, 6.45) is -4.65. The Morgan fingerprint density at radius 1 is 1.12 bits per heavy atom. The Hall–Kier alpha value is -2.10. The number of likely N-dealkylation sites (N-methyl/N-ethyl adjacent to an activating group) is 1. The van der Waals surface area contributed by atoms with Gasteiger partial charge >= 0.3 is 6.18 Å². The number of hydrogen-bond donors (Lipinski definition) is 1. The standard InChI is InChI=1S/C16H14ClF3N2O3S/c1-22(26(24,25)12-8-6-11(17)7-9-12)10-15(23)21-14-5-3-2-4-13(14)16(18,19)20/h2-9H,10H2,1H3,(H,21,23). The minimum absolute atomic E-state index is 0.0899. The average molecular weight is 407 g/mol. The fraction of sp³-hybridized carbons (Fsp3) is 0.188. The van der Waals surface area contributed by atoms with Crippen molar-refractivity contribution in [2.45, 2.75) is 11.1 Å². The van der Waals surface area contributed by atoms with Crippen molar-refractivity contribution in [2.75, 3.05) is 18.9 Å². The zero-order valence-corrected chi connectivity index (χ0v) is 15.0. The molecule has 5 nitrogen and oxygen atoms in total. The molecule has 0 spiro atoms. The van der Waals surface area contributed by atoms with Crippen LogP contribution in [0, 0.1) is 0 Å². The molecule has 0 fully saturated rings. The zero-order valence-electron chi connectivity index (χ0n) is 13.4. The summed E-state index contributed by atoms with van der Waals surface area (Å²) in [5, 5.41) is 2.44. The molecule has 140 valence electrons. The van der Waals surface area contributed by atoms with Crippen molar-refractivity contribution < 1.29 is 26.4 Å². The molecular weight excluding hydrogens is 393 g/mol. The third-order valence-corrected chi connectivity index (χ3v) is 5.46. The van der Waals surface area contributed by atoms with Crippen LogP contribution in [-0.4, -0.2) is 32.2 Å². The lowest BCUT2D eigenvalue weighted by Crippen LogP contribution is -2.35. The van der Waals surface area contributed by atoms with Crippen LogP contribution in [0.3, 0.4) is 0 Å². The molecule has 2 aromatic carbocycles. The van der Waals surface area contributed by atoms with Crippen LogP contribution in [0.1, 0.15) is 5.56 Å². The normalized spacial score (nSPS) is 12.2. The molecule has 0 aliphatic carbocycles. The summed E-state index contributed by atoms with van der Waals surface area (Å²) in [6, 6.07) is 9.73.